The Balaban J connectivity index is 1.65. The standard InChI is InChI=1S/C23H20N2O2/c1-17-21(16-26-22-13-7-8-14-24-22)25-20-12-6-5-11-19(20)23(17)27-15-18-9-3-2-4-10-18/h2-14H,15-16H2,1H3. The molecule has 0 bridgehead atoms. The largest absolute Gasteiger partial charge is 0.488 e. The third kappa shape index (κ3) is 3.90. The lowest BCUT2D eigenvalue weighted by Gasteiger charge is -2.16. The maximum absolute atomic E-state index is 6.22. The average Bonchev–Trinajstić information content (AvgIpc) is 2.73. The van der Waals surface area contributed by atoms with Gasteiger partial charge >= 0.3 is 0 Å². The summed E-state index contributed by atoms with van der Waals surface area (Å²) in [4.78, 5) is 8.98. The number of ether oxygens (including phenoxy) is 2. The highest BCUT2D eigenvalue weighted by Gasteiger charge is 2.14. The highest BCUT2D eigenvalue weighted by molar-refractivity contribution is 5.86. The molecular weight excluding hydrogens is 336 g/mol. The van der Waals surface area contributed by atoms with E-state index in [2.05, 4.69) is 17.1 Å². The Kier molecular flexibility index (Phi) is 4.97. The SMILES string of the molecule is Cc1c(COc2ccccn2)nc2ccccc2c1OCc1ccccc1. The van der Waals surface area contributed by atoms with Gasteiger partial charge in [-0.2, -0.15) is 0 Å². The van der Waals surface area contributed by atoms with E-state index in [1.807, 2.05) is 67.6 Å². The van der Waals surface area contributed by atoms with Crippen LogP contribution in [0.5, 0.6) is 11.6 Å². The van der Waals surface area contributed by atoms with Crippen LogP contribution < -0.4 is 9.47 Å². The molecule has 4 nitrogen and oxygen atoms in total. The van der Waals surface area contributed by atoms with Crippen LogP contribution in [-0.2, 0) is 13.2 Å². The number of fused-ring (bicyclic) bond motifs is 1. The van der Waals surface area contributed by atoms with E-state index in [9.17, 15) is 0 Å². The minimum atomic E-state index is 0.343. The van der Waals surface area contributed by atoms with Crippen molar-refractivity contribution in [3.63, 3.8) is 0 Å². The monoisotopic (exact) mass is 356 g/mol. The van der Waals surface area contributed by atoms with E-state index >= 15 is 0 Å². The zero-order valence-electron chi connectivity index (χ0n) is 15.1. The number of benzene rings is 2. The van der Waals surface area contributed by atoms with Crippen molar-refractivity contribution in [2.24, 2.45) is 0 Å². The number of rotatable bonds is 6. The molecule has 0 N–H and O–H groups in total. The average molecular weight is 356 g/mol. The predicted molar refractivity (Wildman–Crippen MR) is 106 cm³/mol. The van der Waals surface area contributed by atoms with Crippen LogP contribution in [0.25, 0.3) is 10.9 Å². The van der Waals surface area contributed by atoms with E-state index in [1.54, 1.807) is 6.20 Å². The molecular formula is C23H20N2O2. The fourth-order valence-corrected chi connectivity index (χ4v) is 2.96. The molecule has 0 fully saturated rings. The van der Waals surface area contributed by atoms with Crippen LogP contribution in [0.4, 0.5) is 0 Å². The van der Waals surface area contributed by atoms with Gasteiger partial charge in [0.1, 0.15) is 19.0 Å². The maximum Gasteiger partial charge on any atom is 0.213 e. The molecule has 2 aromatic carbocycles. The maximum atomic E-state index is 6.22. The summed E-state index contributed by atoms with van der Waals surface area (Å²) in [5.74, 6) is 1.43. The molecule has 0 spiro atoms. The van der Waals surface area contributed by atoms with Gasteiger partial charge in [-0.1, -0.05) is 48.5 Å². The molecule has 0 aliphatic heterocycles. The van der Waals surface area contributed by atoms with E-state index in [0.29, 0.717) is 19.1 Å². The molecule has 2 aromatic heterocycles. The van der Waals surface area contributed by atoms with E-state index in [4.69, 9.17) is 14.5 Å². The van der Waals surface area contributed by atoms with Gasteiger partial charge < -0.3 is 9.47 Å². The van der Waals surface area contributed by atoms with Gasteiger partial charge in [0.15, 0.2) is 0 Å². The number of aromatic nitrogens is 2. The van der Waals surface area contributed by atoms with Crippen molar-refractivity contribution >= 4 is 10.9 Å². The Morgan fingerprint density at radius 3 is 2.37 bits per heavy atom. The third-order valence-electron chi connectivity index (χ3n) is 4.40. The summed E-state index contributed by atoms with van der Waals surface area (Å²) in [5.41, 5.74) is 3.86. The van der Waals surface area contributed by atoms with Crippen molar-refractivity contribution < 1.29 is 9.47 Å². The van der Waals surface area contributed by atoms with Crippen LogP contribution in [-0.4, -0.2) is 9.97 Å². The summed E-state index contributed by atoms with van der Waals surface area (Å²) in [6, 6.07) is 23.8. The Morgan fingerprint density at radius 2 is 1.56 bits per heavy atom. The first kappa shape index (κ1) is 17.0. The Labute approximate surface area is 158 Å². The highest BCUT2D eigenvalue weighted by Crippen LogP contribution is 2.31. The van der Waals surface area contributed by atoms with E-state index < -0.39 is 0 Å². The van der Waals surface area contributed by atoms with Crippen molar-refractivity contribution in [1.29, 1.82) is 0 Å². The van der Waals surface area contributed by atoms with Crippen LogP contribution in [0, 0.1) is 6.92 Å². The lowest BCUT2D eigenvalue weighted by atomic mass is 10.1. The molecule has 4 rings (SSSR count). The van der Waals surface area contributed by atoms with E-state index in [1.165, 1.54) is 0 Å². The number of pyridine rings is 2. The second-order valence-electron chi connectivity index (χ2n) is 6.26. The summed E-state index contributed by atoms with van der Waals surface area (Å²) in [7, 11) is 0. The summed E-state index contributed by atoms with van der Waals surface area (Å²) in [5, 5.41) is 1.01. The van der Waals surface area contributed by atoms with Gasteiger partial charge in [-0.15, -0.1) is 0 Å². The minimum absolute atomic E-state index is 0.343. The van der Waals surface area contributed by atoms with Crippen molar-refractivity contribution in [3.8, 4) is 11.6 Å². The van der Waals surface area contributed by atoms with Crippen molar-refractivity contribution in [2.75, 3.05) is 0 Å². The first-order chi connectivity index (χ1) is 13.3. The number of para-hydroxylation sites is 1. The smallest absolute Gasteiger partial charge is 0.213 e. The normalized spacial score (nSPS) is 10.7. The van der Waals surface area contributed by atoms with Gasteiger partial charge in [-0.25, -0.2) is 9.97 Å². The van der Waals surface area contributed by atoms with Crippen molar-refractivity contribution in [3.05, 3.63) is 95.8 Å². The summed E-state index contributed by atoms with van der Waals surface area (Å²) >= 11 is 0. The highest BCUT2D eigenvalue weighted by atomic mass is 16.5. The molecule has 0 radical (unpaired) electrons. The molecule has 4 aromatic rings. The summed E-state index contributed by atoms with van der Waals surface area (Å²) in [6.45, 7) is 2.88. The fraction of sp³-hybridized carbons (Fsp3) is 0.130. The molecule has 0 amide bonds. The van der Waals surface area contributed by atoms with Crippen LogP contribution in [0.15, 0.2) is 79.0 Å². The first-order valence-electron chi connectivity index (χ1n) is 8.90. The molecule has 27 heavy (non-hydrogen) atoms. The van der Waals surface area contributed by atoms with Crippen molar-refractivity contribution in [2.45, 2.75) is 20.1 Å². The van der Waals surface area contributed by atoms with Crippen LogP contribution in [0.1, 0.15) is 16.8 Å². The van der Waals surface area contributed by atoms with Gasteiger partial charge in [0.2, 0.25) is 5.88 Å². The zero-order valence-corrected chi connectivity index (χ0v) is 15.1. The molecule has 0 aliphatic carbocycles. The minimum Gasteiger partial charge on any atom is -0.488 e. The number of hydrogen-bond acceptors (Lipinski definition) is 4. The van der Waals surface area contributed by atoms with Crippen LogP contribution >= 0.6 is 0 Å². The number of nitrogens with zero attached hydrogens (tertiary/aromatic N) is 2. The lowest BCUT2D eigenvalue weighted by molar-refractivity contribution is 0.283. The Morgan fingerprint density at radius 1 is 0.778 bits per heavy atom. The fourth-order valence-electron chi connectivity index (χ4n) is 2.96. The summed E-state index contributed by atoms with van der Waals surface area (Å²) < 4.78 is 12.0. The molecule has 0 saturated heterocycles. The Bertz CT molecular complexity index is 1030. The van der Waals surface area contributed by atoms with E-state index in [0.717, 1.165) is 33.5 Å². The molecule has 0 unspecified atom stereocenters. The van der Waals surface area contributed by atoms with Gasteiger partial charge in [0, 0.05) is 23.2 Å². The molecule has 134 valence electrons. The van der Waals surface area contributed by atoms with Gasteiger partial charge in [-0.3, -0.25) is 0 Å². The van der Waals surface area contributed by atoms with Crippen LogP contribution in [0.2, 0.25) is 0 Å². The van der Waals surface area contributed by atoms with Crippen molar-refractivity contribution in [1.82, 2.24) is 9.97 Å². The second kappa shape index (κ2) is 7.87. The topological polar surface area (TPSA) is 44.2 Å². The van der Waals surface area contributed by atoms with Crippen LogP contribution in [0.3, 0.4) is 0 Å². The number of hydrogen-bond donors (Lipinski definition) is 0. The molecule has 0 aliphatic rings. The Hall–Kier alpha value is -3.40. The van der Waals surface area contributed by atoms with E-state index in [-0.39, 0.29) is 0 Å². The predicted octanol–water partition coefficient (Wildman–Crippen LogP) is 5.10. The van der Waals surface area contributed by atoms with Gasteiger partial charge in [-0.05, 0) is 30.7 Å². The zero-order chi connectivity index (χ0) is 18.5. The molecule has 0 saturated carbocycles. The lowest BCUT2D eigenvalue weighted by Crippen LogP contribution is -2.06. The molecule has 2 heterocycles. The molecule has 0 atom stereocenters. The quantitative estimate of drug-likeness (QED) is 0.482. The third-order valence-corrected chi connectivity index (χ3v) is 4.40. The van der Waals surface area contributed by atoms with Gasteiger partial charge in [0.25, 0.3) is 0 Å². The molecule has 4 heteroatoms. The van der Waals surface area contributed by atoms with Gasteiger partial charge in [0.05, 0.1) is 11.2 Å². The first-order valence-corrected chi connectivity index (χ1v) is 8.90. The second-order valence-corrected chi connectivity index (χ2v) is 6.26. The summed E-state index contributed by atoms with van der Waals surface area (Å²) in [6.07, 6.45) is 1.71.